The Morgan fingerprint density at radius 1 is 1.24 bits per heavy atom. The molecule has 0 radical (unpaired) electrons. The first-order chi connectivity index (χ1) is 12.1. The molecule has 25 heavy (non-hydrogen) atoms. The van der Waals surface area contributed by atoms with Gasteiger partial charge in [0.15, 0.2) is 16.8 Å². The molecule has 2 aromatic rings. The second-order valence-corrected chi connectivity index (χ2v) is 6.36. The molecule has 0 aliphatic heterocycles. The van der Waals surface area contributed by atoms with Gasteiger partial charge in [-0.1, -0.05) is 25.3 Å². The van der Waals surface area contributed by atoms with Crippen LogP contribution in [0.25, 0.3) is 11.0 Å². The number of rotatable bonds is 4. The molecule has 1 saturated carbocycles. The first-order valence-electron chi connectivity index (χ1n) is 8.53. The number of methoxy groups -OCH3 is 1. The summed E-state index contributed by atoms with van der Waals surface area (Å²) in [6.45, 7) is 0.569. The third-order valence-corrected chi connectivity index (χ3v) is 4.66. The molecule has 0 bridgehead atoms. The van der Waals surface area contributed by atoms with Crippen molar-refractivity contribution in [3.8, 4) is 0 Å². The molecule has 132 valence electrons. The lowest BCUT2D eigenvalue weighted by Crippen LogP contribution is -2.30. The molecule has 1 N–H and O–H groups in total. The third-order valence-electron chi connectivity index (χ3n) is 4.66. The number of esters is 1. The first-order valence-corrected chi connectivity index (χ1v) is 8.53. The van der Waals surface area contributed by atoms with Crippen molar-refractivity contribution in [3.05, 3.63) is 45.8 Å². The van der Waals surface area contributed by atoms with E-state index >= 15 is 0 Å². The van der Waals surface area contributed by atoms with Crippen molar-refractivity contribution in [2.45, 2.75) is 32.1 Å². The molecule has 0 spiro atoms. The molecule has 3 rings (SSSR count). The number of carbonyl (C=O) groups is 2. The summed E-state index contributed by atoms with van der Waals surface area (Å²) in [6, 6.07) is 5.80. The Kier molecular flexibility index (Phi) is 5.16. The van der Waals surface area contributed by atoms with Gasteiger partial charge in [0.05, 0.1) is 12.5 Å². The molecule has 1 amide bonds. The molecular formula is C19H21NO5. The highest BCUT2D eigenvalue weighted by Crippen LogP contribution is 2.23. The smallest absolute Gasteiger partial charge is 0.341 e. The summed E-state index contributed by atoms with van der Waals surface area (Å²) in [5, 5.41) is 3.08. The van der Waals surface area contributed by atoms with Crippen LogP contribution in [0.1, 0.15) is 53.0 Å². The molecule has 1 aliphatic rings. The molecule has 0 saturated heterocycles. The molecule has 1 aliphatic carbocycles. The van der Waals surface area contributed by atoms with Gasteiger partial charge < -0.3 is 14.5 Å². The Morgan fingerprint density at radius 2 is 2.00 bits per heavy atom. The Labute approximate surface area is 145 Å². The second kappa shape index (κ2) is 7.51. The van der Waals surface area contributed by atoms with Crippen molar-refractivity contribution in [1.29, 1.82) is 0 Å². The van der Waals surface area contributed by atoms with Gasteiger partial charge in [0, 0.05) is 12.6 Å². The standard InChI is InChI=1S/C19H21NO5/c1-24-19(23)14-9-5-8-13-15(21)10-16(25-17(13)14)18(22)20-11-12-6-3-2-4-7-12/h5,8-10,12H,2-4,6-7,11H2,1H3,(H,20,22). The molecule has 1 fully saturated rings. The first kappa shape index (κ1) is 17.2. The fourth-order valence-electron chi connectivity index (χ4n) is 3.28. The number of nitrogens with one attached hydrogen (secondary N) is 1. The minimum atomic E-state index is -0.617. The maximum atomic E-state index is 12.4. The van der Waals surface area contributed by atoms with E-state index < -0.39 is 11.9 Å². The summed E-state index contributed by atoms with van der Waals surface area (Å²) in [5.74, 6) is -0.682. The van der Waals surface area contributed by atoms with Crippen molar-refractivity contribution in [2.75, 3.05) is 13.7 Å². The normalized spacial score (nSPS) is 15.1. The average molecular weight is 343 g/mol. The number of hydrogen-bond acceptors (Lipinski definition) is 5. The maximum Gasteiger partial charge on any atom is 0.341 e. The van der Waals surface area contributed by atoms with E-state index in [0.29, 0.717) is 12.5 Å². The van der Waals surface area contributed by atoms with Crippen molar-refractivity contribution < 1.29 is 18.7 Å². The van der Waals surface area contributed by atoms with Gasteiger partial charge in [0.25, 0.3) is 5.91 Å². The number of hydrogen-bond donors (Lipinski definition) is 1. The molecule has 0 unspecified atom stereocenters. The molecular weight excluding hydrogens is 322 g/mol. The molecule has 6 nitrogen and oxygen atoms in total. The highest BCUT2D eigenvalue weighted by Gasteiger charge is 2.19. The van der Waals surface area contributed by atoms with Gasteiger partial charge in [-0.05, 0) is 30.9 Å². The maximum absolute atomic E-state index is 12.4. The summed E-state index contributed by atoms with van der Waals surface area (Å²) >= 11 is 0. The fourth-order valence-corrected chi connectivity index (χ4v) is 3.28. The minimum absolute atomic E-state index is 0.0738. The highest BCUT2D eigenvalue weighted by molar-refractivity contribution is 6.02. The summed E-state index contributed by atoms with van der Waals surface area (Å²) in [4.78, 5) is 36.5. The Morgan fingerprint density at radius 3 is 2.72 bits per heavy atom. The molecule has 1 heterocycles. The van der Waals surface area contributed by atoms with Gasteiger partial charge in [0.1, 0.15) is 5.56 Å². The van der Waals surface area contributed by atoms with Gasteiger partial charge >= 0.3 is 5.97 Å². The van der Waals surface area contributed by atoms with Crippen molar-refractivity contribution in [2.24, 2.45) is 5.92 Å². The van der Waals surface area contributed by atoms with E-state index in [-0.39, 0.29) is 27.7 Å². The summed E-state index contributed by atoms with van der Waals surface area (Å²) in [7, 11) is 1.25. The SMILES string of the molecule is COC(=O)c1cccc2c(=O)cc(C(=O)NCC3CCCCC3)oc12. The fraction of sp³-hybridized carbons (Fsp3) is 0.421. The van der Waals surface area contributed by atoms with Crippen LogP contribution < -0.4 is 10.7 Å². The number of para-hydroxylation sites is 1. The van der Waals surface area contributed by atoms with Crippen LogP contribution in [0.2, 0.25) is 0 Å². The lowest BCUT2D eigenvalue weighted by molar-refractivity contribution is 0.0601. The molecule has 0 atom stereocenters. The summed E-state index contributed by atoms with van der Waals surface area (Å²) in [5.41, 5.74) is -0.168. The lowest BCUT2D eigenvalue weighted by atomic mass is 9.89. The van der Waals surface area contributed by atoms with Gasteiger partial charge in [0.2, 0.25) is 0 Å². The number of fused-ring (bicyclic) bond motifs is 1. The van der Waals surface area contributed by atoms with Crippen LogP contribution in [0.4, 0.5) is 0 Å². The Hall–Kier alpha value is -2.63. The van der Waals surface area contributed by atoms with Crippen molar-refractivity contribution in [3.63, 3.8) is 0 Å². The zero-order chi connectivity index (χ0) is 17.8. The zero-order valence-corrected chi connectivity index (χ0v) is 14.2. The monoisotopic (exact) mass is 343 g/mol. The van der Waals surface area contributed by atoms with Crippen LogP contribution in [0, 0.1) is 5.92 Å². The molecule has 1 aromatic heterocycles. The van der Waals surface area contributed by atoms with E-state index in [0.717, 1.165) is 12.8 Å². The number of benzene rings is 1. The summed E-state index contributed by atoms with van der Waals surface area (Å²) < 4.78 is 10.3. The van der Waals surface area contributed by atoms with Crippen LogP contribution in [-0.4, -0.2) is 25.5 Å². The van der Waals surface area contributed by atoms with Crippen LogP contribution >= 0.6 is 0 Å². The van der Waals surface area contributed by atoms with E-state index in [2.05, 4.69) is 5.32 Å². The summed E-state index contributed by atoms with van der Waals surface area (Å²) in [6.07, 6.45) is 5.84. The zero-order valence-electron chi connectivity index (χ0n) is 14.2. The number of carbonyl (C=O) groups excluding carboxylic acids is 2. The van der Waals surface area contributed by atoms with Crippen LogP contribution in [0.3, 0.4) is 0 Å². The second-order valence-electron chi connectivity index (χ2n) is 6.36. The van der Waals surface area contributed by atoms with Gasteiger partial charge in [-0.15, -0.1) is 0 Å². The number of amides is 1. The average Bonchev–Trinajstić information content (AvgIpc) is 2.65. The van der Waals surface area contributed by atoms with Crippen LogP contribution in [-0.2, 0) is 4.74 Å². The van der Waals surface area contributed by atoms with Crippen molar-refractivity contribution in [1.82, 2.24) is 5.32 Å². The third kappa shape index (κ3) is 3.73. The predicted molar refractivity (Wildman–Crippen MR) is 92.7 cm³/mol. The Bertz CT molecular complexity index is 849. The van der Waals surface area contributed by atoms with Crippen LogP contribution in [0.15, 0.2) is 33.5 Å². The van der Waals surface area contributed by atoms with Crippen LogP contribution in [0.5, 0.6) is 0 Å². The number of ether oxygens (including phenoxy) is 1. The van der Waals surface area contributed by atoms with E-state index in [1.54, 1.807) is 12.1 Å². The minimum Gasteiger partial charge on any atom is -0.465 e. The lowest BCUT2D eigenvalue weighted by Gasteiger charge is -2.21. The van der Waals surface area contributed by atoms with Crippen molar-refractivity contribution >= 4 is 22.8 Å². The topological polar surface area (TPSA) is 85.6 Å². The predicted octanol–water partition coefficient (Wildman–Crippen LogP) is 2.89. The quantitative estimate of drug-likeness (QED) is 0.863. The Balaban J connectivity index is 1.87. The van der Waals surface area contributed by atoms with E-state index in [1.807, 2.05) is 0 Å². The van der Waals surface area contributed by atoms with E-state index in [1.165, 1.54) is 38.5 Å². The largest absolute Gasteiger partial charge is 0.465 e. The van der Waals surface area contributed by atoms with E-state index in [9.17, 15) is 14.4 Å². The molecule has 6 heteroatoms. The van der Waals surface area contributed by atoms with Gasteiger partial charge in [-0.25, -0.2) is 4.79 Å². The highest BCUT2D eigenvalue weighted by atomic mass is 16.5. The van der Waals surface area contributed by atoms with E-state index in [4.69, 9.17) is 9.15 Å². The van der Waals surface area contributed by atoms with Gasteiger partial charge in [-0.3, -0.25) is 9.59 Å². The molecule has 1 aromatic carbocycles. The van der Waals surface area contributed by atoms with Gasteiger partial charge in [-0.2, -0.15) is 0 Å².